The molecule has 0 aliphatic carbocycles. The first-order valence-corrected chi connectivity index (χ1v) is 8.63. The van der Waals surface area contributed by atoms with Crippen molar-refractivity contribution >= 4 is 17.6 Å². The molecule has 7 heteroatoms. The van der Waals surface area contributed by atoms with E-state index in [4.69, 9.17) is 32.2 Å². The number of terminal acetylenes is 1. The van der Waals surface area contributed by atoms with Gasteiger partial charge in [0.05, 0.1) is 13.7 Å². The van der Waals surface area contributed by atoms with Gasteiger partial charge in [-0.3, -0.25) is 0 Å². The normalized spacial score (nSPS) is 9.81. The number of nitrogens with one attached hydrogen (secondary N) is 2. The Kier molecular flexibility index (Phi) is 8.14. The fourth-order valence-corrected chi connectivity index (χ4v) is 2.30. The Labute approximate surface area is 163 Å². The summed E-state index contributed by atoms with van der Waals surface area (Å²) in [4.78, 5) is 11.9. The Morgan fingerprint density at radius 1 is 1.11 bits per heavy atom. The number of amides is 2. The van der Waals surface area contributed by atoms with Crippen molar-refractivity contribution in [3.8, 4) is 29.6 Å². The van der Waals surface area contributed by atoms with E-state index >= 15 is 0 Å². The van der Waals surface area contributed by atoms with Crippen molar-refractivity contribution in [1.29, 1.82) is 0 Å². The van der Waals surface area contributed by atoms with Crippen LogP contribution in [0.3, 0.4) is 0 Å². The zero-order valence-corrected chi connectivity index (χ0v) is 15.7. The molecule has 142 valence electrons. The number of carbonyl (C=O) groups is 1. The van der Waals surface area contributed by atoms with E-state index in [1.807, 2.05) is 6.07 Å². The summed E-state index contributed by atoms with van der Waals surface area (Å²) in [5, 5.41) is 6.13. The van der Waals surface area contributed by atoms with Gasteiger partial charge in [0.1, 0.15) is 19.0 Å². The summed E-state index contributed by atoms with van der Waals surface area (Å²) < 4.78 is 16.2. The average molecular weight is 389 g/mol. The summed E-state index contributed by atoms with van der Waals surface area (Å²) in [5.74, 6) is 4.21. The van der Waals surface area contributed by atoms with E-state index in [9.17, 15) is 4.79 Å². The monoisotopic (exact) mass is 388 g/mol. The molecule has 0 aliphatic heterocycles. The Morgan fingerprint density at radius 3 is 2.59 bits per heavy atom. The minimum absolute atomic E-state index is 0.140. The molecule has 0 unspecified atom stereocenters. The van der Waals surface area contributed by atoms with Crippen LogP contribution in [0.25, 0.3) is 0 Å². The second kappa shape index (κ2) is 10.8. The van der Waals surface area contributed by atoms with Crippen molar-refractivity contribution in [2.45, 2.75) is 6.54 Å². The SMILES string of the molecule is C#CCOc1cc(CNC(=O)NCCOc2ccc(Cl)cc2)ccc1OC. The van der Waals surface area contributed by atoms with Gasteiger partial charge in [-0.15, -0.1) is 6.42 Å². The first-order valence-electron chi connectivity index (χ1n) is 8.25. The van der Waals surface area contributed by atoms with Crippen LogP contribution in [0.4, 0.5) is 4.79 Å². The molecule has 0 saturated carbocycles. The van der Waals surface area contributed by atoms with Crippen LogP contribution in [0.2, 0.25) is 5.02 Å². The van der Waals surface area contributed by atoms with Gasteiger partial charge >= 0.3 is 6.03 Å². The molecule has 27 heavy (non-hydrogen) atoms. The number of urea groups is 1. The van der Waals surface area contributed by atoms with E-state index in [-0.39, 0.29) is 12.6 Å². The predicted octanol–water partition coefficient (Wildman–Crippen LogP) is 3.24. The Hall–Kier alpha value is -3.04. The highest BCUT2D eigenvalue weighted by Crippen LogP contribution is 2.27. The molecular weight excluding hydrogens is 368 g/mol. The zero-order chi connectivity index (χ0) is 19.5. The molecule has 0 heterocycles. The zero-order valence-electron chi connectivity index (χ0n) is 15.0. The Morgan fingerprint density at radius 2 is 1.89 bits per heavy atom. The minimum atomic E-state index is -0.295. The highest BCUT2D eigenvalue weighted by atomic mass is 35.5. The summed E-state index contributed by atoms with van der Waals surface area (Å²) in [6.45, 7) is 1.19. The largest absolute Gasteiger partial charge is 0.493 e. The Bertz CT molecular complexity index is 788. The molecule has 2 aromatic carbocycles. The van der Waals surface area contributed by atoms with E-state index < -0.39 is 0 Å². The van der Waals surface area contributed by atoms with Crippen LogP contribution in [-0.4, -0.2) is 32.9 Å². The topological polar surface area (TPSA) is 68.8 Å². The standard InChI is InChI=1S/C20H21ClN2O4/c1-3-11-27-19-13-15(4-9-18(19)25-2)14-23-20(24)22-10-12-26-17-7-5-16(21)6-8-17/h1,4-9,13H,10-12,14H2,2H3,(H2,22,23,24). The average Bonchev–Trinajstić information content (AvgIpc) is 2.69. The highest BCUT2D eigenvalue weighted by molar-refractivity contribution is 6.30. The number of hydrogen-bond donors (Lipinski definition) is 2. The molecule has 0 fully saturated rings. The van der Waals surface area contributed by atoms with Gasteiger partial charge < -0.3 is 24.8 Å². The van der Waals surface area contributed by atoms with Gasteiger partial charge in [0.2, 0.25) is 0 Å². The van der Waals surface area contributed by atoms with Gasteiger partial charge in [-0.25, -0.2) is 4.79 Å². The fourth-order valence-electron chi connectivity index (χ4n) is 2.17. The molecule has 2 aromatic rings. The number of benzene rings is 2. The first-order chi connectivity index (χ1) is 13.1. The van der Waals surface area contributed by atoms with E-state index in [0.717, 1.165) is 5.56 Å². The minimum Gasteiger partial charge on any atom is -0.493 e. The summed E-state index contributed by atoms with van der Waals surface area (Å²) in [6.07, 6.45) is 5.21. The molecule has 0 spiro atoms. The maximum absolute atomic E-state index is 11.9. The molecule has 0 aliphatic rings. The molecule has 0 saturated heterocycles. The lowest BCUT2D eigenvalue weighted by Gasteiger charge is -2.12. The summed E-state index contributed by atoms with van der Waals surface area (Å²) in [6, 6.07) is 12.1. The lowest BCUT2D eigenvalue weighted by Crippen LogP contribution is -2.37. The molecule has 2 rings (SSSR count). The van der Waals surface area contributed by atoms with Gasteiger partial charge in [-0.2, -0.15) is 0 Å². The van der Waals surface area contributed by atoms with Crippen LogP contribution in [0.15, 0.2) is 42.5 Å². The smallest absolute Gasteiger partial charge is 0.315 e. The van der Waals surface area contributed by atoms with E-state index in [1.54, 1.807) is 43.5 Å². The maximum atomic E-state index is 11.9. The van der Waals surface area contributed by atoms with Crippen molar-refractivity contribution in [3.63, 3.8) is 0 Å². The maximum Gasteiger partial charge on any atom is 0.315 e. The van der Waals surface area contributed by atoms with Crippen molar-refractivity contribution < 1.29 is 19.0 Å². The third-order valence-electron chi connectivity index (χ3n) is 3.46. The van der Waals surface area contributed by atoms with Crippen LogP contribution in [0.5, 0.6) is 17.2 Å². The van der Waals surface area contributed by atoms with Crippen molar-refractivity contribution in [2.24, 2.45) is 0 Å². The van der Waals surface area contributed by atoms with Crippen LogP contribution in [0, 0.1) is 12.3 Å². The molecule has 0 atom stereocenters. The number of halogens is 1. The molecule has 6 nitrogen and oxygen atoms in total. The molecule has 0 bridgehead atoms. The van der Waals surface area contributed by atoms with Gasteiger partial charge in [0, 0.05) is 11.6 Å². The van der Waals surface area contributed by atoms with E-state index in [0.29, 0.717) is 42.0 Å². The van der Waals surface area contributed by atoms with E-state index in [2.05, 4.69) is 16.6 Å². The third kappa shape index (κ3) is 7.00. The quantitative estimate of drug-likeness (QED) is 0.511. The van der Waals surface area contributed by atoms with Crippen LogP contribution in [-0.2, 0) is 6.54 Å². The van der Waals surface area contributed by atoms with Crippen molar-refractivity contribution in [2.75, 3.05) is 26.9 Å². The lowest BCUT2D eigenvalue weighted by molar-refractivity contribution is 0.236. The number of ether oxygens (including phenoxy) is 3. The number of rotatable bonds is 9. The first kappa shape index (κ1) is 20.3. The third-order valence-corrected chi connectivity index (χ3v) is 3.71. The number of hydrogen-bond acceptors (Lipinski definition) is 4. The van der Waals surface area contributed by atoms with E-state index in [1.165, 1.54) is 0 Å². The van der Waals surface area contributed by atoms with Gasteiger partial charge in [-0.1, -0.05) is 23.6 Å². The highest BCUT2D eigenvalue weighted by Gasteiger charge is 2.07. The predicted molar refractivity (Wildman–Crippen MR) is 105 cm³/mol. The Balaban J connectivity index is 1.73. The van der Waals surface area contributed by atoms with Crippen molar-refractivity contribution in [1.82, 2.24) is 10.6 Å². The van der Waals surface area contributed by atoms with Gasteiger partial charge in [0.15, 0.2) is 11.5 Å². The van der Waals surface area contributed by atoms with Crippen LogP contribution >= 0.6 is 11.6 Å². The molecular formula is C20H21ClN2O4. The van der Waals surface area contributed by atoms with Gasteiger partial charge in [-0.05, 0) is 42.0 Å². The molecule has 2 amide bonds. The van der Waals surface area contributed by atoms with Gasteiger partial charge in [0.25, 0.3) is 0 Å². The lowest BCUT2D eigenvalue weighted by atomic mass is 10.2. The number of carbonyl (C=O) groups excluding carboxylic acids is 1. The second-order valence-corrected chi connectivity index (χ2v) is 5.83. The summed E-state index contributed by atoms with van der Waals surface area (Å²) >= 11 is 5.81. The molecule has 0 radical (unpaired) electrons. The molecule has 0 aromatic heterocycles. The fraction of sp³-hybridized carbons (Fsp3) is 0.250. The van der Waals surface area contributed by atoms with Crippen molar-refractivity contribution in [3.05, 3.63) is 53.1 Å². The summed E-state index contributed by atoms with van der Waals surface area (Å²) in [5.41, 5.74) is 0.857. The second-order valence-electron chi connectivity index (χ2n) is 5.39. The molecule has 2 N–H and O–H groups in total. The van der Waals surface area contributed by atoms with Crippen LogP contribution in [0.1, 0.15) is 5.56 Å². The summed E-state index contributed by atoms with van der Waals surface area (Å²) in [7, 11) is 1.55. The van der Waals surface area contributed by atoms with Crippen LogP contribution < -0.4 is 24.8 Å². The number of methoxy groups -OCH3 is 1.